The van der Waals surface area contributed by atoms with Crippen molar-refractivity contribution in [2.45, 2.75) is 64.2 Å². The molecule has 0 fully saturated rings. The smallest absolute Gasteiger partial charge is 0.459 e. The van der Waals surface area contributed by atoms with Gasteiger partial charge < -0.3 is 24.8 Å². The Balaban J connectivity index is 1.86. The van der Waals surface area contributed by atoms with E-state index in [2.05, 4.69) is 31.9 Å². The average molecular weight is 611 g/mol. The molecule has 2 heterocycles. The van der Waals surface area contributed by atoms with Crippen molar-refractivity contribution < 1.29 is 33.0 Å². The van der Waals surface area contributed by atoms with E-state index in [1.807, 2.05) is 0 Å². The molecule has 0 spiro atoms. The number of benzene rings is 1. The van der Waals surface area contributed by atoms with Gasteiger partial charge in [-0.1, -0.05) is 24.1 Å². The number of hydrogen-bond acceptors (Lipinski definition) is 11. The van der Waals surface area contributed by atoms with Gasteiger partial charge in [0.15, 0.2) is 23.7 Å². The van der Waals surface area contributed by atoms with Gasteiger partial charge in [-0.15, -0.1) is 17.5 Å². The van der Waals surface area contributed by atoms with Crippen LogP contribution in [0.1, 0.15) is 40.8 Å². The second-order valence-electron chi connectivity index (χ2n) is 9.20. The minimum atomic E-state index is -4.30. The highest BCUT2D eigenvalue weighted by molar-refractivity contribution is 7.52. The number of H-pyrrole nitrogens is 1. The van der Waals surface area contributed by atoms with E-state index >= 15 is 0 Å². The number of halogens is 1. The molecular weight excluding hydrogens is 579 g/mol. The lowest BCUT2D eigenvalue weighted by atomic mass is 10.1. The van der Waals surface area contributed by atoms with Gasteiger partial charge >= 0.3 is 13.7 Å². The summed E-state index contributed by atoms with van der Waals surface area (Å²) in [7, 11) is -4.30. The predicted molar refractivity (Wildman–Crippen MR) is 151 cm³/mol. The van der Waals surface area contributed by atoms with Crippen molar-refractivity contribution in [3.63, 3.8) is 0 Å². The summed E-state index contributed by atoms with van der Waals surface area (Å²) in [6.07, 6.45) is -2.25. The van der Waals surface area contributed by atoms with Crippen LogP contribution >= 0.6 is 19.3 Å². The number of anilines is 1. The molecule has 0 radical (unpaired) electrons. The maximum atomic E-state index is 13.7. The number of aromatic nitrogens is 4. The number of alkyl halides is 1. The molecule has 41 heavy (non-hydrogen) atoms. The number of carbonyl (C=O) groups excluding carboxylic acids is 1. The predicted octanol–water partition coefficient (Wildman–Crippen LogP) is 2.69. The quantitative estimate of drug-likeness (QED) is 0.0728. The average Bonchev–Trinajstić information content (AvgIpc) is 3.29. The molecule has 1 aromatic carbocycles. The minimum Gasteiger partial charge on any atom is -0.462 e. The Morgan fingerprint density at radius 3 is 2.63 bits per heavy atom. The topological polar surface area (TPSA) is 193 Å². The fourth-order valence-corrected chi connectivity index (χ4v) is 5.29. The van der Waals surface area contributed by atoms with Crippen LogP contribution in [0.5, 0.6) is 5.75 Å². The van der Waals surface area contributed by atoms with Crippen LogP contribution in [0.2, 0.25) is 0 Å². The van der Waals surface area contributed by atoms with Crippen LogP contribution < -0.4 is 20.9 Å². The first kappa shape index (κ1) is 32.1. The van der Waals surface area contributed by atoms with Crippen molar-refractivity contribution in [1.29, 1.82) is 0 Å². The third-order valence-electron chi connectivity index (χ3n) is 5.24. The van der Waals surface area contributed by atoms with Crippen LogP contribution in [-0.4, -0.2) is 60.5 Å². The van der Waals surface area contributed by atoms with Gasteiger partial charge in [0.05, 0.1) is 12.4 Å². The van der Waals surface area contributed by atoms with Gasteiger partial charge in [-0.05, 0) is 46.8 Å². The van der Waals surface area contributed by atoms with Gasteiger partial charge in [-0.2, -0.15) is 10.1 Å². The summed E-state index contributed by atoms with van der Waals surface area (Å²) in [4.78, 5) is 33.6. The highest BCUT2D eigenvalue weighted by Crippen LogP contribution is 2.45. The first-order chi connectivity index (χ1) is 19.2. The second-order valence-corrected chi connectivity index (χ2v) is 11.7. The van der Waals surface area contributed by atoms with Gasteiger partial charge in [-0.3, -0.25) is 23.7 Å². The Morgan fingerprint density at radius 1 is 1.32 bits per heavy atom. The standard InChI is InChI=1S/C25H32ClN6O8P/c1-6-12-25(5,26)23(32-14-28-19-20(32)29-24(27)30-21(19)34)39-18(33)13-37-41(36,40-17-10-8-7-9-11-17)31-16(4)22(35)38-15(2)3/h7-11,14-16,18,23,33H,13H2,1-5H3,(H,31,36)(H3,27,29,30,34)/t16-,18+,23+,25?,41?/m0/s1. The number of imidazole rings is 1. The molecule has 0 aliphatic rings. The normalized spacial score (nSPS) is 16.6. The number of hydrogen-bond donors (Lipinski definition) is 4. The summed E-state index contributed by atoms with van der Waals surface area (Å²) < 4.78 is 37.0. The van der Waals surface area contributed by atoms with Crippen LogP contribution in [0, 0.1) is 11.8 Å². The molecule has 16 heteroatoms. The molecule has 0 aliphatic carbocycles. The van der Waals surface area contributed by atoms with E-state index < -0.39 is 55.4 Å². The van der Waals surface area contributed by atoms with E-state index in [1.165, 1.54) is 36.9 Å². The molecular formula is C25H32ClN6O8P. The number of aliphatic hydroxyl groups excluding tert-OH is 1. The van der Waals surface area contributed by atoms with Gasteiger partial charge in [0.2, 0.25) is 5.95 Å². The van der Waals surface area contributed by atoms with Gasteiger partial charge in [0.1, 0.15) is 23.3 Å². The number of para-hydroxylation sites is 1. The number of nitrogens with one attached hydrogen (secondary N) is 2. The summed E-state index contributed by atoms with van der Waals surface area (Å²) >= 11 is 6.67. The summed E-state index contributed by atoms with van der Waals surface area (Å²) in [5.74, 6) is 4.75. The molecule has 0 aliphatic heterocycles. The highest BCUT2D eigenvalue weighted by atomic mass is 35.5. The van der Waals surface area contributed by atoms with Crippen molar-refractivity contribution in [1.82, 2.24) is 24.6 Å². The lowest BCUT2D eigenvalue weighted by Crippen LogP contribution is -2.38. The van der Waals surface area contributed by atoms with E-state index in [4.69, 9.17) is 35.9 Å². The Bertz CT molecular complexity index is 1520. The molecule has 222 valence electrons. The SMILES string of the molecule is CC#CC(C)(Cl)[C@@H](O[C@@H](O)COP(=O)(N[C@@H](C)C(=O)OC(C)C)Oc1ccccc1)n1cnc2c(=O)[nH]c(N)nc21. The molecule has 0 saturated carbocycles. The zero-order valence-electron chi connectivity index (χ0n) is 23.0. The third-order valence-corrected chi connectivity index (χ3v) is 7.16. The number of fused-ring (bicyclic) bond motifs is 1. The van der Waals surface area contributed by atoms with Crippen LogP contribution in [0.15, 0.2) is 41.5 Å². The first-order valence-corrected chi connectivity index (χ1v) is 14.3. The van der Waals surface area contributed by atoms with Crippen molar-refractivity contribution in [3.05, 3.63) is 47.0 Å². The minimum absolute atomic E-state index is 0.0198. The fourth-order valence-electron chi connectivity index (χ4n) is 3.56. The molecule has 5 atom stereocenters. The number of nitrogens with two attached hydrogens (primary N) is 1. The van der Waals surface area contributed by atoms with Crippen molar-refractivity contribution in [2.24, 2.45) is 0 Å². The van der Waals surface area contributed by atoms with Crippen molar-refractivity contribution in [2.75, 3.05) is 12.3 Å². The first-order valence-electron chi connectivity index (χ1n) is 12.4. The summed E-state index contributed by atoms with van der Waals surface area (Å²) in [6, 6.07) is 6.99. The maximum absolute atomic E-state index is 13.7. The van der Waals surface area contributed by atoms with E-state index in [-0.39, 0.29) is 22.9 Å². The number of rotatable bonds is 13. The Kier molecular flexibility index (Phi) is 10.5. The van der Waals surface area contributed by atoms with Crippen molar-refractivity contribution in [3.8, 4) is 17.6 Å². The molecule has 14 nitrogen and oxygen atoms in total. The lowest BCUT2D eigenvalue weighted by molar-refractivity contribution is -0.179. The van der Waals surface area contributed by atoms with Gasteiger partial charge in [0, 0.05) is 0 Å². The number of aliphatic hydroxyl groups is 1. The van der Waals surface area contributed by atoms with E-state index in [0.29, 0.717) is 0 Å². The summed E-state index contributed by atoms with van der Waals surface area (Å²) in [5, 5.41) is 13.3. The monoisotopic (exact) mass is 610 g/mol. The molecule has 5 N–H and O–H groups in total. The van der Waals surface area contributed by atoms with Crippen molar-refractivity contribution >= 4 is 42.4 Å². The number of aromatic amines is 1. The third kappa shape index (κ3) is 8.53. The zero-order valence-corrected chi connectivity index (χ0v) is 24.7. The van der Waals surface area contributed by atoms with Crippen LogP contribution in [0.25, 0.3) is 11.2 Å². The highest BCUT2D eigenvalue weighted by Gasteiger charge is 2.38. The number of nitrogens with zero attached hydrogens (tertiary/aromatic N) is 3. The molecule has 0 amide bonds. The largest absolute Gasteiger partial charge is 0.462 e. The summed E-state index contributed by atoms with van der Waals surface area (Å²) in [5.41, 5.74) is 5.08. The zero-order chi connectivity index (χ0) is 30.4. The molecule has 3 rings (SSSR count). The molecule has 3 aromatic rings. The van der Waals surface area contributed by atoms with E-state index in [9.17, 15) is 19.3 Å². The van der Waals surface area contributed by atoms with E-state index in [1.54, 1.807) is 39.0 Å². The number of ether oxygens (including phenoxy) is 2. The lowest BCUT2D eigenvalue weighted by Gasteiger charge is -2.31. The Labute approximate surface area is 241 Å². The number of nitrogen functional groups attached to an aromatic ring is 1. The van der Waals surface area contributed by atoms with E-state index in [0.717, 1.165) is 0 Å². The number of esters is 1. The molecule has 0 bridgehead atoms. The molecule has 2 aromatic heterocycles. The molecule has 0 saturated heterocycles. The Morgan fingerprint density at radius 2 is 2.00 bits per heavy atom. The fraction of sp³-hybridized carbons (Fsp3) is 0.440. The second kappa shape index (κ2) is 13.5. The maximum Gasteiger partial charge on any atom is 0.459 e. The van der Waals surface area contributed by atoms with Gasteiger partial charge in [-0.25, -0.2) is 9.55 Å². The van der Waals surface area contributed by atoms with Crippen LogP contribution in [-0.2, 0) is 23.4 Å². The van der Waals surface area contributed by atoms with Gasteiger partial charge in [0.25, 0.3) is 5.56 Å². The summed E-state index contributed by atoms with van der Waals surface area (Å²) in [6.45, 7) is 7.11. The molecule has 2 unspecified atom stereocenters. The Hall–Kier alpha value is -3.44. The van der Waals surface area contributed by atoms with Crippen LogP contribution in [0.4, 0.5) is 5.95 Å². The number of carbonyl (C=O) groups is 1. The van der Waals surface area contributed by atoms with Crippen LogP contribution in [0.3, 0.4) is 0 Å².